The molecule has 1 aromatic heterocycles. The molecule has 0 aliphatic carbocycles. The van der Waals surface area contributed by atoms with E-state index in [0.717, 1.165) is 5.56 Å². The van der Waals surface area contributed by atoms with E-state index < -0.39 is 22.0 Å². The van der Waals surface area contributed by atoms with E-state index >= 15 is 0 Å². The van der Waals surface area contributed by atoms with Gasteiger partial charge in [0, 0.05) is 17.3 Å². The van der Waals surface area contributed by atoms with Crippen LogP contribution in [0.2, 0.25) is 0 Å². The first kappa shape index (κ1) is 21.7. The van der Waals surface area contributed by atoms with Gasteiger partial charge in [0.2, 0.25) is 21.5 Å². The molecule has 0 radical (unpaired) electrons. The van der Waals surface area contributed by atoms with Crippen molar-refractivity contribution in [3.63, 3.8) is 0 Å². The predicted octanol–water partition coefficient (Wildman–Crippen LogP) is 3.17. The van der Waals surface area contributed by atoms with Crippen molar-refractivity contribution in [2.45, 2.75) is 38.1 Å². The second-order valence-corrected chi connectivity index (χ2v) is 9.45. The lowest BCUT2D eigenvalue weighted by Gasteiger charge is -2.20. The largest absolute Gasteiger partial charge is 0.325 e. The predicted molar refractivity (Wildman–Crippen MR) is 118 cm³/mol. The Bertz CT molecular complexity index is 1230. The van der Waals surface area contributed by atoms with Gasteiger partial charge in [-0.05, 0) is 66.6 Å². The molecule has 0 saturated carbocycles. The van der Waals surface area contributed by atoms with Crippen molar-refractivity contribution in [2.24, 2.45) is 5.92 Å². The molecule has 3 rings (SSSR count). The lowest BCUT2D eigenvalue weighted by atomic mass is 10.0. The summed E-state index contributed by atoms with van der Waals surface area (Å²) in [6.07, 6.45) is 0.345. The minimum atomic E-state index is -3.96. The van der Waals surface area contributed by atoms with E-state index in [-0.39, 0.29) is 16.4 Å². The highest BCUT2D eigenvalue weighted by atomic mass is 32.2. The SMILES string of the molecule is Cc1cccc(NC(=O)[C@@H](CC(C)C)NS(=O)(=O)c2ccc3[nH]c(=O)ccc3c2)c1. The smallest absolute Gasteiger partial charge is 0.248 e. The highest BCUT2D eigenvalue weighted by Crippen LogP contribution is 2.19. The van der Waals surface area contributed by atoms with E-state index in [1.807, 2.05) is 39.0 Å². The summed E-state index contributed by atoms with van der Waals surface area (Å²) in [5.41, 5.74) is 1.88. The average molecular weight is 428 g/mol. The fourth-order valence-corrected chi connectivity index (χ4v) is 4.43. The number of aryl methyl sites for hydroxylation is 1. The maximum absolute atomic E-state index is 13.0. The summed E-state index contributed by atoms with van der Waals surface area (Å²) >= 11 is 0. The Morgan fingerprint density at radius 1 is 1.07 bits per heavy atom. The Balaban J connectivity index is 1.86. The van der Waals surface area contributed by atoms with Crippen LogP contribution in [-0.2, 0) is 14.8 Å². The Morgan fingerprint density at radius 3 is 2.53 bits per heavy atom. The third-order valence-electron chi connectivity index (χ3n) is 4.61. The number of sulfonamides is 1. The van der Waals surface area contributed by atoms with Crippen LogP contribution in [0.1, 0.15) is 25.8 Å². The molecule has 1 atom stereocenters. The van der Waals surface area contributed by atoms with Gasteiger partial charge >= 0.3 is 0 Å². The Kier molecular flexibility index (Phi) is 6.38. The van der Waals surface area contributed by atoms with Crippen LogP contribution in [0.25, 0.3) is 10.9 Å². The summed E-state index contributed by atoms with van der Waals surface area (Å²) in [4.78, 5) is 26.9. The molecule has 1 heterocycles. The summed E-state index contributed by atoms with van der Waals surface area (Å²) in [6.45, 7) is 5.76. The van der Waals surface area contributed by atoms with Gasteiger partial charge in [-0.25, -0.2) is 8.42 Å². The number of pyridine rings is 1. The first-order valence-corrected chi connectivity index (χ1v) is 11.2. The number of H-pyrrole nitrogens is 1. The van der Waals surface area contributed by atoms with E-state index in [1.54, 1.807) is 12.1 Å². The second-order valence-electron chi connectivity index (χ2n) is 7.73. The molecule has 158 valence electrons. The summed E-state index contributed by atoms with van der Waals surface area (Å²) in [6, 6.07) is 13.7. The number of anilines is 1. The van der Waals surface area contributed by atoms with Crippen LogP contribution in [0, 0.1) is 12.8 Å². The number of rotatable bonds is 7. The number of aromatic nitrogens is 1. The third kappa shape index (κ3) is 5.34. The number of nitrogens with one attached hydrogen (secondary N) is 3. The minimum Gasteiger partial charge on any atom is -0.325 e. The van der Waals surface area contributed by atoms with Gasteiger partial charge in [-0.1, -0.05) is 26.0 Å². The van der Waals surface area contributed by atoms with E-state index in [0.29, 0.717) is 23.0 Å². The van der Waals surface area contributed by atoms with Crippen LogP contribution in [-0.4, -0.2) is 25.4 Å². The average Bonchev–Trinajstić information content (AvgIpc) is 2.66. The number of hydrogen-bond acceptors (Lipinski definition) is 4. The Hall–Kier alpha value is -2.97. The quantitative estimate of drug-likeness (QED) is 0.538. The molecule has 0 aliphatic rings. The van der Waals surface area contributed by atoms with Gasteiger partial charge in [-0.3, -0.25) is 9.59 Å². The van der Waals surface area contributed by atoms with Gasteiger partial charge in [-0.2, -0.15) is 4.72 Å². The standard InChI is InChI=1S/C22H25N3O4S/c1-14(2)11-20(22(27)23-17-6-4-5-15(3)12-17)25-30(28,29)18-8-9-19-16(13-18)7-10-21(26)24-19/h4-10,12-14,20,25H,11H2,1-3H3,(H,23,27)(H,24,26)/t20-/m1/s1. The first-order chi connectivity index (χ1) is 14.1. The molecular weight excluding hydrogens is 402 g/mol. The molecule has 0 spiro atoms. The summed E-state index contributed by atoms with van der Waals surface area (Å²) < 4.78 is 28.5. The molecule has 2 aromatic carbocycles. The number of carbonyl (C=O) groups excluding carboxylic acids is 1. The molecule has 0 unspecified atom stereocenters. The van der Waals surface area contributed by atoms with Gasteiger partial charge in [0.1, 0.15) is 6.04 Å². The van der Waals surface area contributed by atoms with Gasteiger partial charge in [0.25, 0.3) is 0 Å². The maximum Gasteiger partial charge on any atom is 0.248 e. The molecule has 3 N–H and O–H groups in total. The van der Waals surface area contributed by atoms with Crippen LogP contribution in [0.5, 0.6) is 0 Å². The zero-order valence-electron chi connectivity index (χ0n) is 17.1. The number of benzene rings is 2. The Morgan fingerprint density at radius 2 is 1.83 bits per heavy atom. The topological polar surface area (TPSA) is 108 Å². The number of aromatic amines is 1. The highest BCUT2D eigenvalue weighted by Gasteiger charge is 2.27. The molecule has 3 aromatic rings. The van der Waals surface area contributed by atoms with Crippen molar-refractivity contribution in [3.8, 4) is 0 Å². The first-order valence-electron chi connectivity index (χ1n) is 9.67. The molecule has 0 saturated heterocycles. The van der Waals surface area contributed by atoms with Gasteiger partial charge in [-0.15, -0.1) is 0 Å². The molecule has 1 amide bonds. The minimum absolute atomic E-state index is 0.0270. The van der Waals surface area contributed by atoms with Crippen molar-refractivity contribution in [3.05, 3.63) is 70.5 Å². The highest BCUT2D eigenvalue weighted by molar-refractivity contribution is 7.89. The molecular formula is C22H25N3O4S. The van der Waals surface area contributed by atoms with Crippen LogP contribution >= 0.6 is 0 Å². The van der Waals surface area contributed by atoms with Crippen LogP contribution < -0.4 is 15.6 Å². The van der Waals surface area contributed by atoms with Gasteiger partial charge in [0.05, 0.1) is 4.90 Å². The molecule has 30 heavy (non-hydrogen) atoms. The summed E-state index contributed by atoms with van der Waals surface area (Å²) in [5.74, 6) is -0.314. The fraction of sp³-hybridized carbons (Fsp3) is 0.273. The second kappa shape index (κ2) is 8.81. The number of hydrogen-bond donors (Lipinski definition) is 3. The molecule has 7 nitrogen and oxygen atoms in total. The molecule has 0 fully saturated rings. The third-order valence-corrected chi connectivity index (χ3v) is 6.08. The lowest BCUT2D eigenvalue weighted by molar-refractivity contribution is -0.118. The van der Waals surface area contributed by atoms with Crippen molar-refractivity contribution < 1.29 is 13.2 Å². The maximum atomic E-state index is 13.0. The van der Waals surface area contributed by atoms with Crippen molar-refractivity contribution in [1.82, 2.24) is 9.71 Å². The van der Waals surface area contributed by atoms with Gasteiger partial charge < -0.3 is 10.3 Å². The molecule has 0 aliphatic heterocycles. The normalized spacial score (nSPS) is 12.8. The van der Waals surface area contributed by atoms with Crippen LogP contribution in [0.3, 0.4) is 0 Å². The monoisotopic (exact) mass is 427 g/mol. The van der Waals surface area contributed by atoms with Crippen molar-refractivity contribution in [2.75, 3.05) is 5.32 Å². The van der Waals surface area contributed by atoms with E-state index in [4.69, 9.17) is 0 Å². The van der Waals surface area contributed by atoms with E-state index in [1.165, 1.54) is 24.3 Å². The van der Waals surface area contributed by atoms with Crippen molar-refractivity contribution >= 4 is 32.5 Å². The van der Waals surface area contributed by atoms with Crippen molar-refractivity contribution in [1.29, 1.82) is 0 Å². The fourth-order valence-electron chi connectivity index (χ4n) is 3.19. The van der Waals surface area contributed by atoms with Crippen LogP contribution in [0.15, 0.2) is 64.3 Å². The molecule has 8 heteroatoms. The zero-order chi connectivity index (χ0) is 21.9. The number of amides is 1. The van der Waals surface area contributed by atoms with Crippen LogP contribution in [0.4, 0.5) is 5.69 Å². The summed E-state index contributed by atoms with van der Waals surface area (Å²) in [5, 5.41) is 3.38. The van der Waals surface area contributed by atoms with E-state index in [2.05, 4.69) is 15.0 Å². The van der Waals surface area contributed by atoms with E-state index in [9.17, 15) is 18.0 Å². The Labute approximate surface area is 175 Å². The number of fused-ring (bicyclic) bond motifs is 1. The summed E-state index contributed by atoms with van der Waals surface area (Å²) in [7, 11) is -3.96. The van der Waals surface area contributed by atoms with Gasteiger partial charge in [0.15, 0.2) is 0 Å². The molecule has 0 bridgehead atoms. The lowest BCUT2D eigenvalue weighted by Crippen LogP contribution is -2.44. The zero-order valence-corrected chi connectivity index (χ0v) is 17.9. The number of carbonyl (C=O) groups is 1.